The molecule has 204 valence electrons. The first kappa shape index (κ1) is 28.2. The number of benzene rings is 2. The smallest absolute Gasteiger partial charge is 0.382 e. The fraction of sp³-hybridized carbons (Fsp3) is 0.385. The van der Waals surface area contributed by atoms with E-state index in [1.54, 1.807) is 19.9 Å². The van der Waals surface area contributed by atoms with Crippen molar-refractivity contribution in [2.75, 3.05) is 13.2 Å². The maximum Gasteiger partial charge on any atom is 0.416 e. The summed E-state index contributed by atoms with van der Waals surface area (Å²) >= 11 is 1.33. The Morgan fingerprint density at radius 3 is 2.42 bits per heavy atom. The van der Waals surface area contributed by atoms with E-state index >= 15 is 0 Å². The van der Waals surface area contributed by atoms with Crippen LogP contribution in [0.4, 0.5) is 22.0 Å². The molecule has 1 aliphatic rings. The normalized spacial score (nSPS) is 21.2. The van der Waals surface area contributed by atoms with Crippen molar-refractivity contribution < 1.29 is 36.5 Å². The standard InChI is InChI=1S/C26H26F5N3O3S/c1-16(18-3-5-19(6-4-18)26(29,30)31)9-24-36-11-21(12-37-24)38-17(2)25(35,13-34-15-32-14-33-34)22-8-7-20(27)10-23(22)28/h3-10,14-15,17,21,24,35H,11-13H2,1-2H3. The lowest BCUT2D eigenvalue weighted by Crippen LogP contribution is -2.43. The van der Waals surface area contributed by atoms with Gasteiger partial charge in [0.05, 0.1) is 30.6 Å². The monoisotopic (exact) mass is 555 g/mol. The molecule has 2 atom stereocenters. The van der Waals surface area contributed by atoms with E-state index in [1.807, 2.05) is 0 Å². The molecule has 6 nitrogen and oxygen atoms in total. The summed E-state index contributed by atoms with van der Waals surface area (Å²) in [7, 11) is 0. The van der Waals surface area contributed by atoms with Gasteiger partial charge in [-0.2, -0.15) is 18.3 Å². The molecule has 2 heterocycles. The minimum Gasteiger partial charge on any atom is -0.382 e. The van der Waals surface area contributed by atoms with Crippen LogP contribution in [0.2, 0.25) is 0 Å². The van der Waals surface area contributed by atoms with Crippen LogP contribution in [0.3, 0.4) is 0 Å². The van der Waals surface area contributed by atoms with Crippen LogP contribution in [0, 0.1) is 11.6 Å². The summed E-state index contributed by atoms with van der Waals surface area (Å²) in [6.07, 6.45) is -0.732. The van der Waals surface area contributed by atoms with E-state index in [0.717, 1.165) is 24.3 Å². The van der Waals surface area contributed by atoms with Crippen LogP contribution in [-0.2, 0) is 27.8 Å². The minimum atomic E-state index is -4.40. The predicted octanol–water partition coefficient (Wildman–Crippen LogP) is 5.43. The lowest BCUT2D eigenvalue weighted by atomic mass is 9.90. The van der Waals surface area contributed by atoms with Gasteiger partial charge in [0.25, 0.3) is 0 Å². The fourth-order valence-electron chi connectivity index (χ4n) is 4.13. The molecule has 0 radical (unpaired) electrons. The highest BCUT2D eigenvalue weighted by Crippen LogP contribution is 2.39. The molecular formula is C26H26F5N3O3S. The van der Waals surface area contributed by atoms with Gasteiger partial charge in [-0.25, -0.2) is 18.4 Å². The lowest BCUT2D eigenvalue weighted by molar-refractivity contribution is -0.146. The minimum absolute atomic E-state index is 0.0694. The van der Waals surface area contributed by atoms with E-state index in [-0.39, 0.29) is 30.6 Å². The van der Waals surface area contributed by atoms with Gasteiger partial charge >= 0.3 is 6.18 Å². The average molecular weight is 556 g/mol. The van der Waals surface area contributed by atoms with Crippen LogP contribution in [-0.4, -0.2) is 49.9 Å². The molecule has 4 rings (SSSR count). The van der Waals surface area contributed by atoms with E-state index in [1.165, 1.54) is 47.3 Å². The summed E-state index contributed by atoms with van der Waals surface area (Å²) in [5, 5.41) is 14.9. The van der Waals surface area contributed by atoms with Gasteiger partial charge in [-0.15, -0.1) is 11.8 Å². The maximum absolute atomic E-state index is 14.7. The van der Waals surface area contributed by atoms with Crippen LogP contribution >= 0.6 is 11.8 Å². The molecule has 2 aromatic carbocycles. The zero-order chi connectivity index (χ0) is 27.5. The zero-order valence-electron chi connectivity index (χ0n) is 20.5. The molecule has 0 aliphatic carbocycles. The second-order valence-corrected chi connectivity index (χ2v) is 10.6. The van der Waals surface area contributed by atoms with E-state index in [2.05, 4.69) is 10.1 Å². The lowest BCUT2D eigenvalue weighted by Gasteiger charge is -2.37. The molecule has 38 heavy (non-hydrogen) atoms. The van der Waals surface area contributed by atoms with Crippen LogP contribution in [0.15, 0.2) is 61.2 Å². The summed E-state index contributed by atoms with van der Waals surface area (Å²) in [6, 6.07) is 7.86. The van der Waals surface area contributed by atoms with Gasteiger partial charge in [0.2, 0.25) is 0 Å². The third-order valence-corrected chi connectivity index (χ3v) is 7.74. The Hall–Kier alpha value is -2.80. The fourth-order valence-corrected chi connectivity index (χ4v) is 5.45. The van der Waals surface area contributed by atoms with E-state index < -0.39 is 40.5 Å². The first-order valence-corrected chi connectivity index (χ1v) is 12.6. The third kappa shape index (κ3) is 6.60. The maximum atomic E-state index is 14.7. The number of aromatic nitrogens is 3. The van der Waals surface area contributed by atoms with Crippen molar-refractivity contribution in [2.45, 2.75) is 49.0 Å². The molecule has 3 aromatic rings. The van der Waals surface area contributed by atoms with Gasteiger partial charge < -0.3 is 14.6 Å². The molecule has 1 aliphatic heterocycles. The Bertz CT molecular complexity index is 1250. The van der Waals surface area contributed by atoms with Crippen molar-refractivity contribution in [3.05, 3.63) is 89.5 Å². The number of rotatable bonds is 8. The van der Waals surface area contributed by atoms with E-state index in [0.29, 0.717) is 11.1 Å². The molecule has 0 saturated carbocycles. The Morgan fingerprint density at radius 1 is 1.16 bits per heavy atom. The molecule has 2 unspecified atom stereocenters. The average Bonchev–Trinajstić information content (AvgIpc) is 3.37. The van der Waals surface area contributed by atoms with Crippen molar-refractivity contribution in [1.29, 1.82) is 0 Å². The predicted molar refractivity (Wildman–Crippen MR) is 132 cm³/mol. The van der Waals surface area contributed by atoms with Gasteiger partial charge in [-0.1, -0.05) is 25.1 Å². The molecule has 0 spiro atoms. The zero-order valence-corrected chi connectivity index (χ0v) is 21.3. The Labute approximate surface area is 220 Å². The largest absolute Gasteiger partial charge is 0.416 e. The van der Waals surface area contributed by atoms with Crippen LogP contribution < -0.4 is 0 Å². The number of alkyl halides is 3. The second-order valence-electron chi connectivity index (χ2n) is 9.00. The first-order chi connectivity index (χ1) is 18.0. The van der Waals surface area contributed by atoms with Gasteiger partial charge in [-0.05, 0) is 42.3 Å². The highest BCUT2D eigenvalue weighted by atomic mass is 32.2. The molecule has 1 N–H and O–H groups in total. The number of thioether (sulfide) groups is 1. The van der Waals surface area contributed by atoms with Crippen molar-refractivity contribution in [3.63, 3.8) is 0 Å². The Balaban J connectivity index is 1.41. The van der Waals surface area contributed by atoms with Crippen LogP contribution in [0.1, 0.15) is 30.5 Å². The second kappa shape index (κ2) is 11.5. The van der Waals surface area contributed by atoms with Crippen LogP contribution in [0.5, 0.6) is 0 Å². The number of halogens is 5. The Kier molecular flexibility index (Phi) is 8.55. The Morgan fingerprint density at radius 2 is 1.84 bits per heavy atom. The van der Waals surface area contributed by atoms with Gasteiger partial charge in [0.15, 0.2) is 6.29 Å². The summed E-state index contributed by atoms with van der Waals surface area (Å²) < 4.78 is 79.7. The summed E-state index contributed by atoms with van der Waals surface area (Å²) in [5.74, 6) is -1.63. The summed E-state index contributed by atoms with van der Waals surface area (Å²) in [4.78, 5) is 3.87. The van der Waals surface area contributed by atoms with E-state index in [4.69, 9.17) is 9.47 Å². The summed E-state index contributed by atoms with van der Waals surface area (Å²) in [6.45, 7) is 3.87. The number of ether oxygens (including phenoxy) is 2. The summed E-state index contributed by atoms with van der Waals surface area (Å²) in [5.41, 5.74) is -1.25. The van der Waals surface area contributed by atoms with Gasteiger partial charge in [0.1, 0.15) is 29.9 Å². The van der Waals surface area contributed by atoms with Crippen molar-refractivity contribution >= 4 is 17.3 Å². The number of allylic oxidation sites excluding steroid dienone is 1. The highest BCUT2D eigenvalue weighted by molar-refractivity contribution is 8.00. The molecular weight excluding hydrogens is 529 g/mol. The topological polar surface area (TPSA) is 69.4 Å². The van der Waals surface area contributed by atoms with Gasteiger partial charge in [0, 0.05) is 16.9 Å². The third-order valence-electron chi connectivity index (χ3n) is 6.28. The van der Waals surface area contributed by atoms with Crippen LogP contribution in [0.25, 0.3) is 5.57 Å². The molecule has 1 fully saturated rings. The van der Waals surface area contributed by atoms with E-state index in [9.17, 15) is 27.1 Å². The SMILES string of the molecule is CC(=CC1OCC(SC(C)C(O)(Cn2cncn2)c2ccc(F)cc2F)CO1)c1ccc(C(F)(F)F)cc1. The molecule has 0 bridgehead atoms. The molecule has 0 amide bonds. The highest BCUT2D eigenvalue weighted by Gasteiger charge is 2.41. The molecule has 12 heteroatoms. The van der Waals surface area contributed by atoms with Crippen molar-refractivity contribution in [3.8, 4) is 0 Å². The first-order valence-electron chi connectivity index (χ1n) is 11.7. The van der Waals surface area contributed by atoms with Gasteiger partial charge in [-0.3, -0.25) is 0 Å². The molecule has 1 saturated heterocycles. The van der Waals surface area contributed by atoms with Crippen molar-refractivity contribution in [1.82, 2.24) is 14.8 Å². The number of aliphatic hydroxyl groups is 1. The quantitative estimate of drug-likeness (QED) is 0.374. The number of nitrogens with zero attached hydrogens (tertiary/aromatic N) is 3. The number of hydrogen-bond acceptors (Lipinski definition) is 6. The van der Waals surface area contributed by atoms with Crippen molar-refractivity contribution in [2.24, 2.45) is 0 Å². The number of hydrogen-bond donors (Lipinski definition) is 1. The molecule has 1 aromatic heterocycles.